The van der Waals surface area contributed by atoms with Gasteiger partial charge in [0.2, 0.25) is 0 Å². The molecule has 1 fully saturated rings. The molecule has 0 aromatic carbocycles. The van der Waals surface area contributed by atoms with E-state index >= 15 is 0 Å². The molecule has 1 saturated heterocycles. The van der Waals surface area contributed by atoms with Crippen molar-refractivity contribution in [3.8, 4) is 0 Å². The number of piperidine rings is 1. The van der Waals surface area contributed by atoms with Crippen LogP contribution in [0.5, 0.6) is 0 Å². The first-order valence-electron chi connectivity index (χ1n) is 7.13. The molecule has 0 bridgehead atoms. The van der Waals surface area contributed by atoms with E-state index in [1.54, 1.807) is 0 Å². The van der Waals surface area contributed by atoms with E-state index in [4.69, 9.17) is 5.73 Å². The Bertz CT molecular complexity index is 180. The number of hydrogen-bond acceptors (Lipinski definition) is 2. The number of rotatable bonds is 6. The van der Waals surface area contributed by atoms with Gasteiger partial charge in [0.05, 0.1) is 0 Å². The molecule has 0 aromatic rings. The van der Waals surface area contributed by atoms with Crippen molar-refractivity contribution < 1.29 is 0 Å². The SMILES string of the molecule is CCC1CCCN(CCCC(C)C)C1CN. The first-order chi connectivity index (χ1) is 7.69. The van der Waals surface area contributed by atoms with Crippen molar-refractivity contribution in [2.75, 3.05) is 19.6 Å². The summed E-state index contributed by atoms with van der Waals surface area (Å²) in [5.74, 6) is 1.68. The third-order valence-corrected chi connectivity index (χ3v) is 4.03. The van der Waals surface area contributed by atoms with Crippen molar-refractivity contribution in [1.82, 2.24) is 4.90 Å². The van der Waals surface area contributed by atoms with Gasteiger partial charge in [-0.2, -0.15) is 0 Å². The van der Waals surface area contributed by atoms with Crippen molar-refractivity contribution in [1.29, 1.82) is 0 Å². The second kappa shape index (κ2) is 7.29. The van der Waals surface area contributed by atoms with Gasteiger partial charge in [0.25, 0.3) is 0 Å². The van der Waals surface area contributed by atoms with Crippen LogP contribution in [-0.4, -0.2) is 30.6 Å². The molecule has 96 valence electrons. The predicted molar refractivity (Wildman–Crippen MR) is 71.5 cm³/mol. The second-order valence-electron chi connectivity index (χ2n) is 5.69. The zero-order valence-corrected chi connectivity index (χ0v) is 11.4. The molecule has 0 amide bonds. The van der Waals surface area contributed by atoms with Gasteiger partial charge in [0, 0.05) is 12.6 Å². The fourth-order valence-corrected chi connectivity index (χ4v) is 3.01. The molecular weight excluding hydrogens is 196 g/mol. The third-order valence-electron chi connectivity index (χ3n) is 4.03. The molecule has 1 aliphatic heterocycles. The molecular formula is C14H30N2. The Morgan fingerprint density at radius 2 is 2.12 bits per heavy atom. The van der Waals surface area contributed by atoms with E-state index in [-0.39, 0.29) is 0 Å². The van der Waals surface area contributed by atoms with Crippen molar-refractivity contribution >= 4 is 0 Å². The number of nitrogens with two attached hydrogens (primary N) is 1. The molecule has 2 N–H and O–H groups in total. The van der Waals surface area contributed by atoms with E-state index in [2.05, 4.69) is 25.7 Å². The highest BCUT2D eigenvalue weighted by Gasteiger charge is 2.28. The van der Waals surface area contributed by atoms with Crippen LogP contribution in [0.15, 0.2) is 0 Å². The fraction of sp³-hybridized carbons (Fsp3) is 1.00. The van der Waals surface area contributed by atoms with Gasteiger partial charge in [0.1, 0.15) is 0 Å². The minimum Gasteiger partial charge on any atom is -0.329 e. The molecule has 0 saturated carbocycles. The summed E-state index contributed by atoms with van der Waals surface area (Å²) in [7, 11) is 0. The lowest BCUT2D eigenvalue weighted by molar-refractivity contribution is 0.0926. The molecule has 16 heavy (non-hydrogen) atoms. The third kappa shape index (κ3) is 4.06. The van der Waals surface area contributed by atoms with Gasteiger partial charge in [0.15, 0.2) is 0 Å². The Labute approximate surface area is 102 Å². The Hall–Kier alpha value is -0.0800. The maximum atomic E-state index is 5.95. The highest BCUT2D eigenvalue weighted by Crippen LogP contribution is 2.26. The van der Waals surface area contributed by atoms with E-state index in [9.17, 15) is 0 Å². The zero-order valence-electron chi connectivity index (χ0n) is 11.4. The summed E-state index contributed by atoms with van der Waals surface area (Å²) < 4.78 is 0. The fourth-order valence-electron chi connectivity index (χ4n) is 3.01. The molecule has 0 aromatic heterocycles. The van der Waals surface area contributed by atoms with Gasteiger partial charge >= 0.3 is 0 Å². The standard InChI is InChI=1S/C14H30N2/c1-4-13-8-6-10-16(14(13)11-15)9-5-7-12(2)3/h12-14H,4-11,15H2,1-3H3. The monoisotopic (exact) mass is 226 g/mol. The lowest BCUT2D eigenvalue weighted by atomic mass is 9.87. The largest absolute Gasteiger partial charge is 0.329 e. The molecule has 2 nitrogen and oxygen atoms in total. The lowest BCUT2D eigenvalue weighted by Gasteiger charge is -2.40. The summed E-state index contributed by atoms with van der Waals surface area (Å²) in [5.41, 5.74) is 5.95. The molecule has 2 unspecified atom stereocenters. The summed E-state index contributed by atoms with van der Waals surface area (Å²) in [5, 5.41) is 0. The van der Waals surface area contributed by atoms with E-state index in [0.29, 0.717) is 6.04 Å². The predicted octanol–water partition coefficient (Wildman–Crippen LogP) is 2.87. The first kappa shape index (κ1) is 14.0. The average molecular weight is 226 g/mol. The van der Waals surface area contributed by atoms with Gasteiger partial charge in [-0.25, -0.2) is 0 Å². The average Bonchev–Trinajstić information content (AvgIpc) is 2.28. The summed E-state index contributed by atoms with van der Waals surface area (Å²) >= 11 is 0. The van der Waals surface area contributed by atoms with Crippen LogP contribution in [0.3, 0.4) is 0 Å². The normalized spacial score (nSPS) is 27.6. The molecule has 0 aliphatic carbocycles. The smallest absolute Gasteiger partial charge is 0.0246 e. The Morgan fingerprint density at radius 3 is 2.69 bits per heavy atom. The Kier molecular flexibility index (Phi) is 6.37. The van der Waals surface area contributed by atoms with Crippen molar-refractivity contribution in [2.24, 2.45) is 17.6 Å². The minimum absolute atomic E-state index is 0.658. The lowest BCUT2D eigenvalue weighted by Crippen LogP contribution is -2.49. The number of likely N-dealkylation sites (tertiary alicyclic amines) is 1. The highest BCUT2D eigenvalue weighted by atomic mass is 15.2. The summed E-state index contributed by atoms with van der Waals surface area (Å²) in [6.07, 6.45) is 6.74. The van der Waals surface area contributed by atoms with Crippen molar-refractivity contribution in [3.05, 3.63) is 0 Å². The number of hydrogen-bond donors (Lipinski definition) is 1. The second-order valence-corrected chi connectivity index (χ2v) is 5.69. The van der Waals surface area contributed by atoms with Gasteiger partial charge < -0.3 is 5.73 Å². The molecule has 2 heteroatoms. The summed E-state index contributed by atoms with van der Waals surface area (Å²) in [4.78, 5) is 2.65. The molecule has 1 aliphatic rings. The van der Waals surface area contributed by atoms with Crippen LogP contribution >= 0.6 is 0 Å². The zero-order chi connectivity index (χ0) is 12.0. The van der Waals surface area contributed by atoms with Gasteiger partial charge in [-0.15, -0.1) is 0 Å². The van der Waals surface area contributed by atoms with E-state index in [1.807, 2.05) is 0 Å². The van der Waals surface area contributed by atoms with Crippen LogP contribution in [-0.2, 0) is 0 Å². The summed E-state index contributed by atoms with van der Waals surface area (Å²) in [6, 6.07) is 0.658. The highest BCUT2D eigenvalue weighted by molar-refractivity contribution is 4.84. The van der Waals surface area contributed by atoms with Gasteiger partial charge in [-0.05, 0) is 50.6 Å². The molecule has 0 radical (unpaired) electrons. The minimum atomic E-state index is 0.658. The van der Waals surface area contributed by atoms with Crippen LogP contribution < -0.4 is 5.73 Å². The van der Waals surface area contributed by atoms with Crippen LogP contribution in [0.25, 0.3) is 0 Å². The van der Waals surface area contributed by atoms with Gasteiger partial charge in [-0.3, -0.25) is 4.90 Å². The Balaban J connectivity index is 2.37. The van der Waals surface area contributed by atoms with Crippen LogP contribution in [0.4, 0.5) is 0 Å². The van der Waals surface area contributed by atoms with Crippen LogP contribution in [0.2, 0.25) is 0 Å². The molecule has 1 rings (SSSR count). The number of nitrogens with zero attached hydrogens (tertiary/aromatic N) is 1. The van der Waals surface area contributed by atoms with Crippen LogP contribution in [0.1, 0.15) is 52.9 Å². The summed E-state index contributed by atoms with van der Waals surface area (Å²) in [6.45, 7) is 10.3. The van der Waals surface area contributed by atoms with E-state index in [1.165, 1.54) is 45.2 Å². The Morgan fingerprint density at radius 1 is 1.38 bits per heavy atom. The quantitative estimate of drug-likeness (QED) is 0.754. The van der Waals surface area contributed by atoms with E-state index in [0.717, 1.165) is 18.4 Å². The van der Waals surface area contributed by atoms with Crippen molar-refractivity contribution in [3.63, 3.8) is 0 Å². The van der Waals surface area contributed by atoms with E-state index < -0.39 is 0 Å². The maximum Gasteiger partial charge on any atom is 0.0246 e. The maximum absolute atomic E-state index is 5.95. The topological polar surface area (TPSA) is 29.3 Å². The first-order valence-corrected chi connectivity index (χ1v) is 7.13. The van der Waals surface area contributed by atoms with Crippen LogP contribution in [0, 0.1) is 11.8 Å². The molecule has 2 atom stereocenters. The molecule has 0 spiro atoms. The van der Waals surface area contributed by atoms with Gasteiger partial charge in [-0.1, -0.05) is 27.2 Å². The molecule has 1 heterocycles. The van der Waals surface area contributed by atoms with Crippen molar-refractivity contribution in [2.45, 2.75) is 58.9 Å².